The molecule has 0 saturated carbocycles. The highest BCUT2D eigenvalue weighted by atomic mass is 32.2. The maximum absolute atomic E-state index is 14.7. The summed E-state index contributed by atoms with van der Waals surface area (Å²) in [6.45, 7) is 0. The molecule has 0 saturated heterocycles. The van der Waals surface area contributed by atoms with Crippen LogP contribution < -0.4 is 4.65 Å². The van der Waals surface area contributed by atoms with Crippen LogP contribution in [0.1, 0.15) is 5.56 Å². The summed E-state index contributed by atoms with van der Waals surface area (Å²) in [6, 6.07) is 18.2. The highest BCUT2D eigenvalue weighted by Gasteiger charge is 2.50. The fraction of sp³-hybridized carbons (Fsp3) is 0.0556. The van der Waals surface area contributed by atoms with Crippen LogP contribution in [0.3, 0.4) is 0 Å². The van der Waals surface area contributed by atoms with Crippen molar-refractivity contribution < 1.29 is 17.8 Å². The molecule has 6 heteroatoms. The van der Waals surface area contributed by atoms with Gasteiger partial charge in [-0.25, -0.2) is 0 Å². The van der Waals surface area contributed by atoms with Gasteiger partial charge in [-0.05, 0) is 29.2 Å². The Kier molecular flexibility index (Phi) is 3.57. The van der Waals surface area contributed by atoms with Crippen molar-refractivity contribution in [2.75, 3.05) is 6.26 Å². The molecular weight excluding hydrogens is 327 g/mol. The molecule has 1 heterocycles. The van der Waals surface area contributed by atoms with E-state index in [0.29, 0.717) is 11.3 Å². The van der Waals surface area contributed by atoms with Crippen molar-refractivity contribution in [3.05, 3.63) is 66.2 Å². The standard InChI is InChI=1S/C18H14BF2NOS/c1-24-18-9-5-4-8-16(18)22-12-15-14-7-3-2-6-13(14)10-11-17(15)23-19(22,20)21/h2-12H,1H3. The lowest BCUT2D eigenvalue weighted by Crippen LogP contribution is -2.46. The molecule has 0 atom stereocenters. The molecule has 0 N–H and O–H groups in total. The Morgan fingerprint density at radius 1 is 0.958 bits per heavy atom. The third kappa shape index (κ3) is 2.38. The van der Waals surface area contributed by atoms with Crippen LogP contribution in [-0.2, 0) is 0 Å². The number of thioether (sulfide) groups is 1. The molecule has 0 fully saturated rings. The summed E-state index contributed by atoms with van der Waals surface area (Å²) in [5.74, 6) is 0.219. The Hall–Kier alpha value is -2.34. The molecule has 0 amide bonds. The molecule has 0 unspecified atom stereocenters. The second-order valence-corrected chi connectivity index (χ2v) is 6.43. The summed E-state index contributed by atoms with van der Waals surface area (Å²) < 4.78 is 35.4. The number of hydrogen-bond donors (Lipinski definition) is 0. The van der Waals surface area contributed by atoms with E-state index in [1.807, 2.05) is 42.7 Å². The molecule has 120 valence electrons. The van der Waals surface area contributed by atoms with E-state index in [2.05, 4.69) is 0 Å². The Balaban J connectivity index is 2.00. The molecule has 24 heavy (non-hydrogen) atoms. The first-order chi connectivity index (χ1) is 11.6. The predicted octanol–water partition coefficient (Wildman–Crippen LogP) is 5.09. The van der Waals surface area contributed by atoms with Crippen LogP contribution in [0.2, 0.25) is 0 Å². The second kappa shape index (κ2) is 5.63. The number of fused-ring (bicyclic) bond motifs is 3. The lowest BCUT2D eigenvalue weighted by atomic mass is 9.95. The monoisotopic (exact) mass is 341 g/mol. The summed E-state index contributed by atoms with van der Waals surface area (Å²) in [5.41, 5.74) is 1.13. The maximum atomic E-state index is 14.7. The minimum atomic E-state index is -4.18. The molecule has 0 bridgehead atoms. The zero-order chi connectivity index (χ0) is 16.7. The quantitative estimate of drug-likeness (QED) is 0.475. The average Bonchev–Trinajstić information content (AvgIpc) is 2.60. The second-order valence-electron chi connectivity index (χ2n) is 5.59. The van der Waals surface area contributed by atoms with Crippen molar-refractivity contribution in [1.82, 2.24) is 0 Å². The first kappa shape index (κ1) is 15.2. The van der Waals surface area contributed by atoms with Crippen molar-refractivity contribution >= 4 is 41.5 Å². The van der Waals surface area contributed by atoms with Gasteiger partial charge in [0, 0.05) is 6.07 Å². The van der Waals surface area contributed by atoms with Gasteiger partial charge in [-0.3, -0.25) is 0 Å². The van der Waals surface area contributed by atoms with E-state index in [-0.39, 0.29) is 5.75 Å². The summed E-state index contributed by atoms with van der Waals surface area (Å²) in [4.78, 5) is 0.780. The van der Waals surface area contributed by atoms with E-state index in [0.717, 1.165) is 20.2 Å². The molecule has 1 aliphatic heterocycles. The van der Waals surface area contributed by atoms with E-state index in [1.165, 1.54) is 18.0 Å². The average molecular weight is 341 g/mol. The van der Waals surface area contributed by atoms with Crippen LogP contribution in [0.5, 0.6) is 5.75 Å². The van der Waals surface area contributed by atoms with Crippen LogP contribution in [0.15, 0.2) is 65.6 Å². The van der Waals surface area contributed by atoms with E-state index in [4.69, 9.17) is 4.65 Å². The van der Waals surface area contributed by atoms with E-state index < -0.39 is 7.04 Å². The Bertz CT molecular complexity index is 974. The molecule has 0 radical (unpaired) electrons. The van der Waals surface area contributed by atoms with Gasteiger partial charge in [0.05, 0.1) is 16.2 Å². The Morgan fingerprint density at radius 2 is 1.71 bits per heavy atom. The van der Waals surface area contributed by atoms with Crippen molar-refractivity contribution in [3.63, 3.8) is 0 Å². The normalized spacial score (nSPS) is 15.5. The fourth-order valence-electron chi connectivity index (χ4n) is 3.02. The smallest absolute Gasteiger partial charge is 0.599 e. The minimum Gasteiger partial charge on any atom is -0.599 e. The van der Waals surface area contributed by atoms with Gasteiger partial charge < -0.3 is 17.8 Å². The number of hydrogen-bond acceptors (Lipinski definition) is 2. The topological polar surface area (TPSA) is 12.2 Å². The third-order valence-corrected chi connectivity index (χ3v) is 4.94. The summed E-state index contributed by atoms with van der Waals surface area (Å²) in [7, 11) is -4.18. The van der Waals surface area contributed by atoms with Gasteiger partial charge in [-0.15, -0.1) is 11.8 Å². The number of benzene rings is 3. The number of nitrogens with zero attached hydrogens (tertiary/aromatic N) is 1. The number of halogens is 2. The van der Waals surface area contributed by atoms with Gasteiger partial charge in [0.1, 0.15) is 6.21 Å². The SMILES string of the molecule is CSc1ccccc1[N+]1=Cc2c(ccc3ccccc23)O[B-]1(F)F. The largest absolute Gasteiger partial charge is 0.834 e. The van der Waals surface area contributed by atoms with Crippen LogP contribution in [0.4, 0.5) is 14.3 Å². The Morgan fingerprint density at radius 3 is 2.54 bits per heavy atom. The lowest BCUT2D eigenvalue weighted by molar-refractivity contribution is -0.346. The molecule has 0 aromatic heterocycles. The third-order valence-electron chi connectivity index (χ3n) is 4.15. The Labute approximate surface area is 142 Å². The number of rotatable bonds is 2. The molecule has 3 aromatic carbocycles. The molecule has 2 nitrogen and oxygen atoms in total. The molecule has 0 spiro atoms. The van der Waals surface area contributed by atoms with E-state index in [9.17, 15) is 8.63 Å². The molecule has 0 aliphatic carbocycles. The van der Waals surface area contributed by atoms with Gasteiger partial charge in [0.2, 0.25) is 0 Å². The van der Waals surface area contributed by atoms with E-state index >= 15 is 0 Å². The predicted molar refractivity (Wildman–Crippen MR) is 95.9 cm³/mol. The van der Waals surface area contributed by atoms with Crippen molar-refractivity contribution in [2.45, 2.75) is 4.90 Å². The zero-order valence-electron chi connectivity index (χ0n) is 12.9. The van der Waals surface area contributed by atoms with Crippen LogP contribution in [-0.4, -0.2) is 24.0 Å². The van der Waals surface area contributed by atoms with Gasteiger partial charge in [0.25, 0.3) is 0 Å². The van der Waals surface area contributed by atoms with Crippen molar-refractivity contribution in [1.29, 1.82) is 0 Å². The summed E-state index contributed by atoms with van der Waals surface area (Å²) in [6.07, 6.45) is 3.38. The van der Waals surface area contributed by atoms with Gasteiger partial charge in [-0.1, -0.05) is 42.5 Å². The minimum absolute atomic E-state index is 0.219. The molecule has 4 rings (SSSR count). The van der Waals surface area contributed by atoms with Crippen molar-refractivity contribution in [2.24, 2.45) is 0 Å². The molecule has 1 aliphatic rings. The number of para-hydroxylation sites is 1. The molecule has 3 aromatic rings. The van der Waals surface area contributed by atoms with E-state index in [1.54, 1.807) is 24.3 Å². The summed E-state index contributed by atoms with van der Waals surface area (Å²) >= 11 is 1.43. The first-order valence-corrected chi connectivity index (χ1v) is 8.81. The first-order valence-electron chi connectivity index (χ1n) is 7.58. The van der Waals surface area contributed by atoms with Gasteiger partial charge >= 0.3 is 7.04 Å². The van der Waals surface area contributed by atoms with Gasteiger partial charge in [0.15, 0.2) is 5.69 Å². The highest BCUT2D eigenvalue weighted by Crippen LogP contribution is 2.37. The maximum Gasteiger partial charge on any atom is 0.834 e. The zero-order valence-corrected chi connectivity index (χ0v) is 13.8. The van der Waals surface area contributed by atoms with Gasteiger partial charge in [-0.2, -0.15) is 0 Å². The summed E-state index contributed by atoms with van der Waals surface area (Å²) in [5, 5.41) is 1.89. The van der Waals surface area contributed by atoms with Crippen LogP contribution >= 0.6 is 11.8 Å². The van der Waals surface area contributed by atoms with Crippen LogP contribution in [0, 0.1) is 0 Å². The van der Waals surface area contributed by atoms with Crippen molar-refractivity contribution in [3.8, 4) is 5.75 Å². The lowest BCUT2D eigenvalue weighted by Gasteiger charge is -2.29. The van der Waals surface area contributed by atoms with Crippen LogP contribution in [0.25, 0.3) is 10.8 Å². The fourth-order valence-corrected chi connectivity index (χ4v) is 3.62. The highest BCUT2D eigenvalue weighted by molar-refractivity contribution is 7.98. The molecular formula is C18H14BF2NOS.